The first-order valence-corrected chi connectivity index (χ1v) is 4.67. The minimum absolute atomic E-state index is 0.502. The van der Waals surface area contributed by atoms with Crippen LogP contribution in [-0.4, -0.2) is 23.3 Å². The second-order valence-electron chi connectivity index (χ2n) is 3.55. The minimum atomic E-state index is 0.502. The predicted octanol–water partition coefficient (Wildman–Crippen LogP) is 1.96. The quantitative estimate of drug-likeness (QED) is 0.711. The first-order chi connectivity index (χ1) is 6.15. The van der Waals surface area contributed by atoms with Gasteiger partial charge < -0.3 is 9.30 Å². The molecule has 0 atom stereocenters. The Bertz CT molecular complexity index is 266. The third kappa shape index (κ3) is 2.56. The SMILES string of the molecule is COCCn1cc(C(C)C)nc1C. The van der Waals surface area contributed by atoms with E-state index < -0.39 is 0 Å². The zero-order chi connectivity index (χ0) is 9.84. The maximum atomic E-state index is 5.02. The van der Waals surface area contributed by atoms with Crippen LogP contribution in [-0.2, 0) is 11.3 Å². The second-order valence-corrected chi connectivity index (χ2v) is 3.55. The van der Waals surface area contributed by atoms with Gasteiger partial charge in [-0.2, -0.15) is 0 Å². The van der Waals surface area contributed by atoms with E-state index in [1.54, 1.807) is 7.11 Å². The Kier molecular flexibility index (Phi) is 3.48. The molecule has 0 saturated carbocycles. The molecule has 0 aliphatic heterocycles. The number of nitrogens with zero attached hydrogens (tertiary/aromatic N) is 2. The highest BCUT2D eigenvalue weighted by Crippen LogP contribution is 2.13. The molecule has 0 fully saturated rings. The Labute approximate surface area is 79.7 Å². The highest BCUT2D eigenvalue weighted by Gasteiger charge is 2.06. The van der Waals surface area contributed by atoms with Crippen molar-refractivity contribution >= 4 is 0 Å². The molecule has 0 bridgehead atoms. The molecule has 0 aliphatic carbocycles. The molecule has 3 heteroatoms. The van der Waals surface area contributed by atoms with Crippen molar-refractivity contribution in [3.8, 4) is 0 Å². The molecule has 1 heterocycles. The molecule has 0 aliphatic rings. The number of hydrogen-bond donors (Lipinski definition) is 0. The molecule has 3 nitrogen and oxygen atoms in total. The zero-order valence-electron chi connectivity index (χ0n) is 8.87. The molecule has 0 radical (unpaired) electrons. The van der Waals surface area contributed by atoms with E-state index in [0.717, 1.165) is 24.7 Å². The van der Waals surface area contributed by atoms with Crippen molar-refractivity contribution < 1.29 is 4.74 Å². The van der Waals surface area contributed by atoms with Gasteiger partial charge in [0.2, 0.25) is 0 Å². The van der Waals surface area contributed by atoms with Crippen molar-refractivity contribution in [1.29, 1.82) is 0 Å². The number of aromatic nitrogens is 2. The maximum Gasteiger partial charge on any atom is 0.105 e. The summed E-state index contributed by atoms with van der Waals surface area (Å²) in [6.45, 7) is 7.98. The van der Waals surface area contributed by atoms with E-state index in [1.165, 1.54) is 0 Å². The summed E-state index contributed by atoms with van der Waals surface area (Å²) in [4.78, 5) is 4.47. The molecule has 1 aromatic heterocycles. The third-order valence-corrected chi connectivity index (χ3v) is 2.12. The average Bonchev–Trinajstić information content (AvgIpc) is 2.44. The lowest BCUT2D eigenvalue weighted by molar-refractivity contribution is 0.186. The van der Waals surface area contributed by atoms with Crippen molar-refractivity contribution in [2.24, 2.45) is 0 Å². The van der Waals surface area contributed by atoms with Crippen LogP contribution in [0.15, 0.2) is 6.20 Å². The van der Waals surface area contributed by atoms with Gasteiger partial charge in [0, 0.05) is 19.9 Å². The second kappa shape index (κ2) is 4.42. The summed E-state index contributed by atoms with van der Waals surface area (Å²) in [5, 5.41) is 0. The summed E-state index contributed by atoms with van der Waals surface area (Å²) < 4.78 is 7.16. The largest absolute Gasteiger partial charge is 0.383 e. The smallest absolute Gasteiger partial charge is 0.105 e. The van der Waals surface area contributed by atoms with Crippen molar-refractivity contribution in [3.05, 3.63) is 17.7 Å². The van der Waals surface area contributed by atoms with Gasteiger partial charge in [-0.05, 0) is 12.8 Å². The summed E-state index contributed by atoms with van der Waals surface area (Å²) in [7, 11) is 1.72. The van der Waals surface area contributed by atoms with Gasteiger partial charge in [0.15, 0.2) is 0 Å². The Morgan fingerprint density at radius 2 is 2.23 bits per heavy atom. The summed E-state index contributed by atoms with van der Waals surface area (Å²) >= 11 is 0. The molecule has 0 aromatic carbocycles. The number of imidazole rings is 1. The van der Waals surface area contributed by atoms with Gasteiger partial charge >= 0.3 is 0 Å². The first kappa shape index (κ1) is 10.3. The molecule has 0 saturated heterocycles. The van der Waals surface area contributed by atoms with Gasteiger partial charge in [0.1, 0.15) is 5.82 Å². The number of aryl methyl sites for hydroxylation is 1. The van der Waals surface area contributed by atoms with Crippen LogP contribution in [0, 0.1) is 6.92 Å². The van der Waals surface area contributed by atoms with Crippen LogP contribution in [0.25, 0.3) is 0 Å². The van der Waals surface area contributed by atoms with Crippen LogP contribution in [0.4, 0.5) is 0 Å². The first-order valence-electron chi connectivity index (χ1n) is 4.67. The Balaban J connectivity index is 2.71. The molecular formula is C10H18N2O. The topological polar surface area (TPSA) is 27.1 Å². The van der Waals surface area contributed by atoms with Crippen LogP contribution in [0.1, 0.15) is 31.3 Å². The number of rotatable bonds is 4. The Morgan fingerprint density at radius 1 is 1.54 bits per heavy atom. The van der Waals surface area contributed by atoms with Crippen LogP contribution in [0.3, 0.4) is 0 Å². The van der Waals surface area contributed by atoms with E-state index in [1.807, 2.05) is 6.92 Å². The van der Waals surface area contributed by atoms with Crippen molar-refractivity contribution in [2.75, 3.05) is 13.7 Å². The molecule has 0 N–H and O–H groups in total. The van der Waals surface area contributed by atoms with Gasteiger partial charge in [-0.25, -0.2) is 4.98 Å². The normalized spacial score (nSPS) is 11.2. The number of methoxy groups -OCH3 is 1. The van der Waals surface area contributed by atoms with Crippen molar-refractivity contribution in [3.63, 3.8) is 0 Å². The molecule has 0 spiro atoms. The van der Waals surface area contributed by atoms with Crippen molar-refractivity contribution in [1.82, 2.24) is 9.55 Å². The predicted molar refractivity (Wildman–Crippen MR) is 52.9 cm³/mol. The Hall–Kier alpha value is -0.830. The fourth-order valence-corrected chi connectivity index (χ4v) is 1.23. The molecule has 74 valence electrons. The zero-order valence-corrected chi connectivity index (χ0v) is 8.87. The van der Waals surface area contributed by atoms with E-state index in [0.29, 0.717) is 5.92 Å². The van der Waals surface area contributed by atoms with E-state index in [-0.39, 0.29) is 0 Å². The lowest BCUT2D eigenvalue weighted by Gasteiger charge is -2.02. The highest BCUT2D eigenvalue weighted by molar-refractivity contribution is 5.06. The average molecular weight is 182 g/mol. The number of ether oxygens (including phenoxy) is 1. The third-order valence-electron chi connectivity index (χ3n) is 2.12. The van der Waals surface area contributed by atoms with Crippen molar-refractivity contribution in [2.45, 2.75) is 33.2 Å². The Morgan fingerprint density at radius 3 is 2.69 bits per heavy atom. The summed E-state index contributed by atoms with van der Waals surface area (Å²) in [6.07, 6.45) is 2.11. The lowest BCUT2D eigenvalue weighted by Crippen LogP contribution is -2.04. The van der Waals surface area contributed by atoms with Gasteiger partial charge in [0.05, 0.1) is 12.3 Å². The maximum absolute atomic E-state index is 5.02. The van der Waals surface area contributed by atoms with E-state index >= 15 is 0 Å². The molecule has 0 unspecified atom stereocenters. The van der Waals surface area contributed by atoms with Gasteiger partial charge in [-0.1, -0.05) is 13.8 Å². The minimum Gasteiger partial charge on any atom is -0.383 e. The molecule has 0 amide bonds. The van der Waals surface area contributed by atoms with E-state index in [4.69, 9.17) is 4.74 Å². The summed E-state index contributed by atoms with van der Waals surface area (Å²) in [6, 6.07) is 0. The molecule has 1 rings (SSSR count). The fraction of sp³-hybridized carbons (Fsp3) is 0.700. The lowest BCUT2D eigenvalue weighted by atomic mass is 10.2. The van der Waals surface area contributed by atoms with Gasteiger partial charge in [-0.3, -0.25) is 0 Å². The fourth-order valence-electron chi connectivity index (χ4n) is 1.23. The molecule has 1 aromatic rings. The summed E-state index contributed by atoms with van der Waals surface area (Å²) in [5.41, 5.74) is 1.16. The molecule has 13 heavy (non-hydrogen) atoms. The van der Waals surface area contributed by atoms with Crippen LogP contribution in [0.2, 0.25) is 0 Å². The van der Waals surface area contributed by atoms with Gasteiger partial charge in [0.25, 0.3) is 0 Å². The van der Waals surface area contributed by atoms with Crippen LogP contribution in [0.5, 0.6) is 0 Å². The standard InChI is InChI=1S/C10H18N2O/c1-8(2)10-7-12(5-6-13-4)9(3)11-10/h7-8H,5-6H2,1-4H3. The molecular weight excluding hydrogens is 164 g/mol. The van der Waals surface area contributed by atoms with E-state index in [2.05, 4.69) is 29.6 Å². The van der Waals surface area contributed by atoms with Crippen LogP contribution >= 0.6 is 0 Å². The van der Waals surface area contributed by atoms with E-state index in [9.17, 15) is 0 Å². The number of hydrogen-bond acceptors (Lipinski definition) is 2. The van der Waals surface area contributed by atoms with Crippen LogP contribution < -0.4 is 0 Å². The highest BCUT2D eigenvalue weighted by atomic mass is 16.5. The monoisotopic (exact) mass is 182 g/mol. The summed E-state index contributed by atoms with van der Waals surface area (Å²) in [5.74, 6) is 1.57. The van der Waals surface area contributed by atoms with Gasteiger partial charge in [-0.15, -0.1) is 0 Å².